The van der Waals surface area contributed by atoms with Gasteiger partial charge in [0, 0.05) is 12.6 Å². The summed E-state index contributed by atoms with van der Waals surface area (Å²) < 4.78 is 24.5. The largest absolute Gasteiger partial charge is 0.490 e. The van der Waals surface area contributed by atoms with Crippen molar-refractivity contribution in [2.45, 2.75) is 13.5 Å². The third-order valence-corrected chi connectivity index (χ3v) is 2.87. The Bertz CT molecular complexity index is 546. The van der Waals surface area contributed by atoms with Crippen LogP contribution >= 0.6 is 0 Å². The summed E-state index contributed by atoms with van der Waals surface area (Å²) in [5, 5.41) is 3.16. The van der Waals surface area contributed by atoms with Gasteiger partial charge < -0.3 is 14.8 Å². The van der Waals surface area contributed by atoms with E-state index in [4.69, 9.17) is 9.47 Å². The van der Waals surface area contributed by atoms with Gasteiger partial charge in [-0.2, -0.15) is 0 Å². The first-order chi connectivity index (χ1) is 10.3. The average Bonchev–Trinajstić information content (AvgIpc) is 2.50. The maximum Gasteiger partial charge on any atom is 0.127 e. The molecule has 0 heterocycles. The van der Waals surface area contributed by atoms with Crippen molar-refractivity contribution < 1.29 is 13.9 Å². The molecule has 0 aromatic heterocycles. The SMILES string of the molecule is CCNCc1cc(F)cc(OCCOc2ccccc2)c1. The Morgan fingerprint density at radius 2 is 1.67 bits per heavy atom. The van der Waals surface area contributed by atoms with Gasteiger partial charge in [-0.05, 0) is 36.4 Å². The van der Waals surface area contributed by atoms with Crippen LogP contribution in [0.25, 0.3) is 0 Å². The minimum atomic E-state index is -0.288. The summed E-state index contributed by atoms with van der Waals surface area (Å²) >= 11 is 0. The summed E-state index contributed by atoms with van der Waals surface area (Å²) in [7, 11) is 0. The third-order valence-electron chi connectivity index (χ3n) is 2.87. The zero-order chi connectivity index (χ0) is 14.9. The molecule has 0 saturated heterocycles. The van der Waals surface area contributed by atoms with E-state index in [1.54, 1.807) is 0 Å². The first-order valence-electron chi connectivity index (χ1n) is 7.09. The molecule has 0 aliphatic heterocycles. The highest BCUT2D eigenvalue weighted by molar-refractivity contribution is 5.29. The number of rotatable bonds is 8. The quantitative estimate of drug-likeness (QED) is 0.756. The molecular formula is C17H20FNO2. The van der Waals surface area contributed by atoms with Crippen molar-refractivity contribution in [1.82, 2.24) is 5.32 Å². The van der Waals surface area contributed by atoms with Crippen LogP contribution in [0.5, 0.6) is 11.5 Å². The molecule has 2 rings (SSSR count). The number of hydrogen-bond acceptors (Lipinski definition) is 3. The molecule has 0 bridgehead atoms. The second-order valence-electron chi connectivity index (χ2n) is 4.59. The summed E-state index contributed by atoms with van der Waals surface area (Å²) in [4.78, 5) is 0. The van der Waals surface area contributed by atoms with Crippen LogP contribution < -0.4 is 14.8 Å². The lowest BCUT2D eigenvalue weighted by Gasteiger charge is -2.10. The minimum Gasteiger partial charge on any atom is -0.490 e. The maximum absolute atomic E-state index is 13.5. The molecule has 4 heteroatoms. The smallest absolute Gasteiger partial charge is 0.127 e. The van der Waals surface area contributed by atoms with Crippen LogP contribution in [-0.4, -0.2) is 19.8 Å². The van der Waals surface area contributed by atoms with Crippen LogP contribution in [-0.2, 0) is 6.54 Å². The van der Waals surface area contributed by atoms with Crippen molar-refractivity contribution in [2.75, 3.05) is 19.8 Å². The van der Waals surface area contributed by atoms with Gasteiger partial charge in [0.1, 0.15) is 30.5 Å². The van der Waals surface area contributed by atoms with Gasteiger partial charge in [0.05, 0.1) is 0 Å². The summed E-state index contributed by atoms with van der Waals surface area (Å²) in [6, 6.07) is 14.3. The molecule has 0 saturated carbocycles. The second kappa shape index (κ2) is 8.27. The number of ether oxygens (including phenoxy) is 2. The van der Waals surface area contributed by atoms with Gasteiger partial charge in [0.15, 0.2) is 0 Å². The molecule has 112 valence electrons. The molecule has 0 spiro atoms. The topological polar surface area (TPSA) is 30.5 Å². The first kappa shape index (κ1) is 15.3. The van der Waals surface area contributed by atoms with Gasteiger partial charge in [0.2, 0.25) is 0 Å². The third kappa shape index (κ3) is 5.44. The number of para-hydroxylation sites is 1. The van der Waals surface area contributed by atoms with E-state index >= 15 is 0 Å². The van der Waals surface area contributed by atoms with Gasteiger partial charge in [-0.15, -0.1) is 0 Å². The average molecular weight is 289 g/mol. The Labute approximate surface area is 124 Å². The normalized spacial score (nSPS) is 10.4. The van der Waals surface area contributed by atoms with Gasteiger partial charge in [0.25, 0.3) is 0 Å². The van der Waals surface area contributed by atoms with Crippen LogP contribution in [0.2, 0.25) is 0 Å². The van der Waals surface area contributed by atoms with E-state index in [-0.39, 0.29) is 5.82 Å². The summed E-state index contributed by atoms with van der Waals surface area (Å²) in [6.07, 6.45) is 0. The molecule has 2 aromatic carbocycles. The maximum atomic E-state index is 13.5. The molecule has 1 N–H and O–H groups in total. The number of hydrogen-bond donors (Lipinski definition) is 1. The Hall–Kier alpha value is -2.07. The number of benzene rings is 2. The van der Waals surface area contributed by atoms with E-state index in [1.165, 1.54) is 12.1 Å². The Morgan fingerprint density at radius 1 is 0.952 bits per heavy atom. The second-order valence-corrected chi connectivity index (χ2v) is 4.59. The van der Waals surface area contributed by atoms with Crippen LogP contribution in [0.4, 0.5) is 4.39 Å². The lowest BCUT2D eigenvalue weighted by Crippen LogP contribution is -2.12. The lowest BCUT2D eigenvalue weighted by atomic mass is 10.2. The van der Waals surface area contributed by atoms with E-state index in [0.717, 1.165) is 17.9 Å². The molecule has 0 fully saturated rings. The first-order valence-corrected chi connectivity index (χ1v) is 7.09. The lowest BCUT2D eigenvalue weighted by molar-refractivity contribution is 0.216. The molecular weight excluding hydrogens is 269 g/mol. The standard InChI is InChI=1S/C17H20FNO2/c1-2-19-13-14-10-15(18)12-17(11-14)21-9-8-20-16-6-4-3-5-7-16/h3-7,10-12,19H,2,8-9,13H2,1H3. The zero-order valence-corrected chi connectivity index (χ0v) is 12.1. The predicted molar refractivity (Wildman–Crippen MR) is 81.2 cm³/mol. The molecule has 2 aromatic rings. The van der Waals surface area contributed by atoms with E-state index in [9.17, 15) is 4.39 Å². The van der Waals surface area contributed by atoms with E-state index < -0.39 is 0 Å². The molecule has 0 aliphatic rings. The molecule has 0 unspecified atom stereocenters. The zero-order valence-electron chi connectivity index (χ0n) is 12.1. The molecule has 3 nitrogen and oxygen atoms in total. The fourth-order valence-corrected chi connectivity index (χ4v) is 1.91. The molecule has 21 heavy (non-hydrogen) atoms. The minimum absolute atomic E-state index is 0.288. The van der Waals surface area contributed by atoms with E-state index in [2.05, 4.69) is 5.32 Å². The van der Waals surface area contributed by atoms with Gasteiger partial charge in [-0.25, -0.2) is 4.39 Å². The summed E-state index contributed by atoms with van der Waals surface area (Å²) in [6.45, 7) is 4.28. The van der Waals surface area contributed by atoms with E-state index in [1.807, 2.05) is 43.3 Å². The van der Waals surface area contributed by atoms with Gasteiger partial charge in [-0.1, -0.05) is 25.1 Å². The monoisotopic (exact) mass is 289 g/mol. The van der Waals surface area contributed by atoms with Crippen molar-refractivity contribution in [3.05, 3.63) is 59.9 Å². The van der Waals surface area contributed by atoms with Crippen molar-refractivity contribution in [3.8, 4) is 11.5 Å². The fraction of sp³-hybridized carbons (Fsp3) is 0.294. The van der Waals surface area contributed by atoms with Crippen molar-refractivity contribution in [2.24, 2.45) is 0 Å². The highest BCUT2D eigenvalue weighted by atomic mass is 19.1. The Morgan fingerprint density at radius 3 is 2.38 bits per heavy atom. The van der Waals surface area contributed by atoms with Crippen LogP contribution in [0.15, 0.2) is 48.5 Å². The predicted octanol–water partition coefficient (Wildman–Crippen LogP) is 3.39. The van der Waals surface area contributed by atoms with Crippen LogP contribution in [0.3, 0.4) is 0 Å². The highest BCUT2D eigenvalue weighted by Crippen LogP contribution is 2.16. The van der Waals surface area contributed by atoms with Crippen molar-refractivity contribution in [1.29, 1.82) is 0 Å². The molecule has 0 radical (unpaired) electrons. The number of nitrogens with one attached hydrogen (secondary N) is 1. The Balaban J connectivity index is 1.81. The van der Waals surface area contributed by atoms with Gasteiger partial charge in [-0.3, -0.25) is 0 Å². The fourth-order valence-electron chi connectivity index (χ4n) is 1.91. The summed E-state index contributed by atoms with van der Waals surface area (Å²) in [5.74, 6) is 1.04. The summed E-state index contributed by atoms with van der Waals surface area (Å²) in [5.41, 5.74) is 0.871. The highest BCUT2D eigenvalue weighted by Gasteiger charge is 2.02. The van der Waals surface area contributed by atoms with E-state index in [0.29, 0.717) is 25.5 Å². The molecule has 0 amide bonds. The Kier molecular flexibility index (Phi) is 6.03. The number of halogens is 1. The van der Waals surface area contributed by atoms with Crippen LogP contribution in [0, 0.1) is 5.82 Å². The van der Waals surface area contributed by atoms with Crippen molar-refractivity contribution in [3.63, 3.8) is 0 Å². The van der Waals surface area contributed by atoms with Crippen LogP contribution in [0.1, 0.15) is 12.5 Å². The van der Waals surface area contributed by atoms with Crippen molar-refractivity contribution >= 4 is 0 Å². The van der Waals surface area contributed by atoms with Gasteiger partial charge >= 0.3 is 0 Å². The molecule has 0 atom stereocenters. The molecule has 0 aliphatic carbocycles.